The lowest BCUT2D eigenvalue weighted by atomic mass is 9.84. The summed E-state index contributed by atoms with van der Waals surface area (Å²) in [6.45, 7) is 1.87. The van der Waals surface area contributed by atoms with E-state index in [-0.39, 0.29) is 17.6 Å². The van der Waals surface area contributed by atoms with E-state index in [9.17, 15) is 9.18 Å². The van der Waals surface area contributed by atoms with Crippen molar-refractivity contribution in [2.45, 2.75) is 57.5 Å². The lowest BCUT2D eigenvalue weighted by Gasteiger charge is -2.24. The maximum atomic E-state index is 13.1. The number of ketones is 1. The molecule has 0 radical (unpaired) electrons. The summed E-state index contributed by atoms with van der Waals surface area (Å²) >= 11 is 0. The molecule has 3 rings (SSSR count). The second-order valence-electron chi connectivity index (χ2n) is 6.32. The molecule has 1 aromatic rings. The molecule has 1 aliphatic heterocycles. The number of fused-ring (bicyclic) bond motifs is 1. The molecule has 1 N–H and O–H groups in total. The molecule has 3 atom stereocenters. The lowest BCUT2D eigenvalue weighted by Crippen LogP contribution is -2.37. The Hall–Kier alpha value is -1.22. The van der Waals surface area contributed by atoms with Crippen LogP contribution < -0.4 is 5.32 Å². The van der Waals surface area contributed by atoms with Gasteiger partial charge < -0.3 is 5.32 Å². The second-order valence-corrected chi connectivity index (χ2v) is 6.32. The summed E-state index contributed by atoms with van der Waals surface area (Å²) in [6.07, 6.45) is 6.47. The van der Waals surface area contributed by atoms with Crippen molar-refractivity contribution in [3.63, 3.8) is 0 Å². The molecular weight excluding hydrogens is 253 g/mol. The van der Waals surface area contributed by atoms with E-state index in [0.29, 0.717) is 18.4 Å². The topological polar surface area (TPSA) is 29.1 Å². The van der Waals surface area contributed by atoms with Gasteiger partial charge in [-0.2, -0.15) is 0 Å². The molecule has 0 bridgehead atoms. The molecule has 1 heterocycles. The van der Waals surface area contributed by atoms with Gasteiger partial charge in [-0.25, -0.2) is 4.39 Å². The highest BCUT2D eigenvalue weighted by molar-refractivity contribution is 5.86. The molecule has 2 nitrogen and oxygen atoms in total. The van der Waals surface area contributed by atoms with E-state index >= 15 is 0 Å². The number of halogens is 1. The summed E-state index contributed by atoms with van der Waals surface area (Å²) in [4.78, 5) is 12.4. The van der Waals surface area contributed by atoms with Crippen LogP contribution in [0.1, 0.15) is 43.2 Å². The normalized spacial score (nSPS) is 29.2. The average Bonchev–Trinajstić information content (AvgIpc) is 2.86. The Morgan fingerprint density at radius 2 is 2.15 bits per heavy atom. The van der Waals surface area contributed by atoms with Gasteiger partial charge in [-0.15, -0.1) is 0 Å². The van der Waals surface area contributed by atoms with Crippen LogP contribution in [0.3, 0.4) is 0 Å². The number of aryl methyl sites for hydroxylation is 1. The molecule has 2 aliphatic rings. The van der Waals surface area contributed by atoms with E-state index in [1.54, 1.807) is 6.07 Å². The molecule has 0 spiro atoms. The summed E-state index contributed by atoms with van der Waals surface area (Å²) in [5.74, 6) is 0.713. The molecule has 0 amide bonds. The first-order valence-electron chi connectivity index (χ1n) is 7.67. The lowest BCUT2D eigenvalue weighted by molar-refractivity contribution is -0.120. The van der Waals surface area contributed by atoms with Crippen LogP contribution >= 0.6 is 0 Å². The molecule has 108 valence electrons. The van der Waals surface area contributed by atoms with E-state index in [0.717, 1.165) is 17.5 Å². The zero-order chi connectivity index (χ0) is 14.1. The number of carbonyl (C=O) groups is 1. The van der Waals surface area contributed by atoms with E-state index < -0.39 is 0 Å². The largest absolute Gasteiger partial charge is 0.304 e. The van der Waals surface area contributed by atoms with Crippen molar-refractivity contribution in [3.8, 4) is 0 Å². The number of rotatable bonds is 3. The maximum Gasteiger partial charge on any atom is 0.154 e. The number of hydrogen-bond acceptors (Lipinski definition) is 2. The number of carbonyl (C=O) groups excluding carboxylic acids is 1. The van der Waals surface area contributed by atoms with Crippen LogP contribution in [-0.4, -0.2) is 17.9 Å². The first-order chi connectivity index (χ1) is 9.63. The molecule has 0 aromatic heterocycles. The summed E-state index contributed by atoms with van der Waals surface area (Å²) in [6, 6.07) is 5.24. The quantitative estimate of drug-likeness (QED) is 0.918. The second kappa shape index (κ2) is 5.65. The summed E-state index contributed by atoms with van der Waals surface area (Å²) in [5.41, 5.74) is 1.82. The molecule has 1 saturated heterocycles. The molecule has 3 heteroatoms. The Morgan fingerprint density at radius 1 is 1.35 bits per heavy atom. The third kappa shape index (κ3) is 2.78. The minimum Gasteiger partial charge on any atom is -0.304 e. The van der Waals surface area contributed by atoms with Gasteiger partial charge in [0.25, 0.3) is 0 Å². The number of benzene rings is 1. The van der Waals surface area contributed by atoms with Gasteiger partial charge in [0.2, 0.25) is 0 Å². The van der Waals surface area contributed by atoms with Crippen LogP contribution in [0, 0.1) is 18.7 Å². The average molecular weight is 275 g/mol. The van der Waals surface area contributed by atoms with Crippen LogP contribution in [0.4, 0.5) is 4.39 Å². The van der Waals surface area contributed by atoms with Gasteiger partial charge in [-0.05, 0) is 55.4 Å². The van der Waals surface area contributed by atoms with Crippen molar-refractivity contribution in [3.05, 3.63) is 35.1 Å². The van der Waals surface area contributed by atoms with Gasteiger partial charge in [0, 0.05) is 12.5 Å². The fraction of sp³-hybridized carbons (Fsp3) is 0.588. The minimum atomic E-state index is -0.233. The number of nitrogens with one attached hydrogen (secondary N) is 1. The molecule has 1 aromatic carbocycles. The third-order valence-corrected chi connectivity index (χ3v) is 4.92. The molecule has 2 fully saturated rings. The molecule has 1 aliphatic carbocycles. The van der Waals surface area contributed by atoms with Gasteiger partial charge in [0.15, 0.2) is 5.78 Å². The predicted octanol–water partition coefficient (Wildman–Crippen LogP) is 3.17. The highest BCUT2D eigenvalue weighted by Gasteiger charge is 2.37. The highest BCUT2D eigenvalue weighted by atomic mass is 19.1. The Labute approximate surface area is 119 Å². The Morgan fingerprint density at radius 3 is 2.90 bits per heavy atom. The van der Waals surface area contributed by atoms with Gasteiger partial charge in [0.1, 0.15) is 5.82 Å². The van der Waals surface area contributed by atoms with Crippen LogP contribution in [0.2, 0.25) is 0 Å². The molecule has 1 saturated carbocycles. The Balaban J connectivity index is 1.65. The van der Waals surface area contributed by atoms with Crippen molar-refractivity contribution in [2.24, 2.45) is 5.92 Å². The van der Waals surface area contributed by atoms with Crippen LogP contribution in [0.5, 0.6) is 0 Å². The van der Waals surface area contributed by atoms with Crippen molar-refractivity contribution in [1.29, 1.82) is 0 Å². The van der Waals surface area contributed by atoms with Crippen molar-refractivity contribution in [2.75, 3.05) is 0 Å². The number of Topliss-reactive ketones (excluding diaryl/α,β-unsaturated/α-hetero) is 1. The van der Waals surface area contributed by atoms with Gasteiger partial charge in [0.05, 0.1) is 6.04 Å². The minimum absolute atomic E-state index is 0.00699. The Bertz CT molecular complexity index is 500. The van der Waals surface area contributed by atoms with E-state index in [1.807, 2.05) is 6.92 Å². The van der Waals surface area contributed by atoms with Crippen molar-refractivity contribution in [1.82, 2.24) is 5.32 Å². The van der Waals surface area contributed by atoms with Crippen LogP contribution in [-0.2, 0) is 11.2 Å². The van der Waals surface area contributed by atoms with Crippen LogP contribution in [0.15, 0.2) is 18.2 Å². The van der Waals surface area contributed by atoms with Crippen LogP contribution in [0.25, 0.3) is 0 Å². The fourth-order valence-electron chi connectivity index (χ4n) is 3.73. The first kappa shape index (κ1) is 13.7. The zero-order valence-corrected chi connectivity index (χ0v) is 12.0. The zero-order valence-electron chi connectivity index (χ0n) is 12.0. The summed E-state index contributed by atoms with van der Waals surface area (Å²) in [7, 11) is 0. The standard InChI is InChI=1S/C17H22FNO/c1-11-8-14(18)7-6-12(11)10-17(20)16-9-13-4-2-3-5-15(13)19-16/h6-8,13,15-16,19H,2-5,9-10H2,1H3. The predicted molar refractivity (Wildman–Crippen MR) is 77.1 cm³/mol. The third-order valence-electron chi connectivity index (χ3n) is 4.92. The summed E-state index contributed by atoms with van der Waals surface area (Å²) < 4.78 is 13.1. The Kier molecular flexibility index (Phi) is 3.88. The van der Waals surface area contributed by atoms with E-state index in [2.05, 4.69) is 5.32 Å². The first-order valence-corrected chi connectivity index (χ1v) is 7.67. The maximum absolute atomic E-state index is 13.1. The van der Waals surface area contributed by atoms with E-state index in [4.69, 9.17) is 0 Å². The number of hydrogen-bond donors (Lipinski definition) is 1. The monoisotopic (exact) mass is 275 g/mol. The van der Waals surface area contributed by atoms with Gasteiger partial charge in [-0.3, -0.25) is 4.79 Å². The van der Waals surface area contributed by atoms with Gasteiger partial charge >= 0.3 is 0 Å². The smallest absolute Gasteiger partial charge is 0.154 e. The molecule has 3 unspecified atom stereocenters. The van der Waals surface area contributed by atoms with Gasteiger partial charge in [-0.1, -0.05) is 18.9 Å². The SMILES string of the molecule is Cc1cc(F)ccc1CC(=O)C1CC2CCCCC2N1. The highest BCUT2D eigenvalue weighted by Crippen LogP contribution is 2.33. The summed E-state index contributed by atoms with van der Waals surface area (Å²) in [5, 5.41) is 3.52. The van der Waals surface area contributed by atoms with Crippen molar-refractivity contribution < 1.29 is 9.18 Å². The fourth-order valence-corrected chi connectivity index (χ4v) is 3.73. The van der Waals surface area contributed by atoms with Crippen molar-refractivity contribution >= 4 is 5.78 Å². The molecular formula is C17H22FNO. The molecule has 20 heavy (non-hydrogen) atoms. The van der Waals surface area contributed by atoms with E-state index in [1.165, 1.54) is 37.8 Å².